The molecule has 0 aromatic heterocycles. The largest absolute Gasteiger partial charge is 0.496 e. The summed E-state index contributed by atoms with van der Waals surface area (Å²) in [5, 5.41) is 0. The van der Waals surface area contributed by atoms with Gasteiger partial charge in [-0.2, -0.15) is 0 Å². The number of unbranched alkanes of at least 4 members (excludes halogenated alkanes) is 1. The van der Waals surface area contributed by atoms with Crippen LogP contribution in [-0.2, 0) is 6.42 Å². The molecule has 2 nitrogen and oxygen atoms in total. The van der Waals surface area contributed by atoms with Crippen LogP contribution in [0.4, 0.5) is 0 Å². The first-order chi connectivity index (χ1) is 7.27. The summed E-state index contributed by atoms with van der Waals surface area (Å²) in [5.41, 5.74) is 7.27. The van der Waals surface area contributed by atoms with Gasteiger partial charge >= 0.3 is 0 Å². The smallest absolute Gasteiger partial charge is 0.122 e. The number of hydrogen-bond acceptors (Lipinski definition) is 2. The second kappa shape index (κ2) is 6.46. The Kier molecular flexibility index (Phi) is 5.19. The Balaban J connectivity index is 2.55. The minimum Gasteiger partial charge on any atom is -0.496 e. The Morgan fingerprint density at radius 3 is 2.73 bits per heavy atom. The average molecular weight is 207 g/mol. The van der Waals surface area contributed by atoms with Crippen molar-refractivity contribution < 1.29 is 4.74 Å². The van der Waals surface area contributed by atoms with Crippen LogP contribution in [0, 0.1) is 0 Å². The van der Waals surface area contributed by atoms with Crippen LogP contribution in [0.15, 0.2) is 24.3 Å². The molecule has 0 amide bonds. The molecule has 2 N–H and O–H groups in total. The molecule has 84 valence electrons. The van der Waals surface area contributed by atoms with Crippen molar-refractivity contribution in [1.29, 1.82) is 0 Å². The zero-order chi connectivity index (χ0) is 11.1. The van der Waals surface area contributed by atoms with Crippen molar-refractivity contribution in [3.8, 4) is 5.75 Å². The van der Waals surface area contributed by atoms with E-state index in [2.05, 4.69) is 13.0 Å². The van der Waals surface area contributed by atoms with Gasteiger partial charge in [0, 0.05) is 6.04 Å². The molecule has 0 saturated heterocycles. The molecule has 15 heavy (non-hydrogen) atoms. The fraction of sp³-hybridized carbons (Fsp3) is 0.538. The van der Waals surface area contributed by atoms with Crippen LogP contribution >= 0.6 is 0 Å². The van der Waals surface area contributed by atoms with Gasteiger partial charge in [-0.15, -0.1) is 0 Å². The van der Waals surface area contributed by atoms with E-state index < -0.39 is 0 Å². The maximum Gasteiger partial charge on any atom is 0.122 e. The highest BCUT2D eigenvalue weighted by atomic mass is 16.5. The second-order valence-electron chi connectivity index (χ2n) is 3.92. The van der Waals surface area contributed by atoms with Crippen LogP contribution in [0.5, 0.6) is 5.75 Å². The Morgan fingerprint density at radius 1 is 1.33 bits per heavy atom. The summed E-state index contributed by atoms with van der Waals surface area (Å²) in [6, 6.07) is 8.35. The van der Waals surface area contributed by atoms with E-state index in [1.54, 1.807) is 7.11 Å². The van der Waals surface area contributed by atoms with Crippen molar-refractivity contribution in [3.63, 3.8) is 0 Å². The summed E-state index contributed by atoms with van der Waals surface area (Å²) in [7, 11) is 1.70. The zero-order valence-corrected chi connectivity index (χ0v) is 9.70. The third kappa shape index (κ3) is 3.92. The average Bonchev–Trinajstić information content (AvgIpc) is 2.27. The first kappa shape index (κ1) is 12.1. The van der Waals surface area contributed by atoms with E-state index in [4.69, 9.17) is 10.5 Å². The highest BCUT2D eigenvalue weighted by molar-refractivity contribution is 5.33. The molecule has 0 spiro atoms. The SMILES string of the molecule is CCCC[C@H](N)Cc1ccccc1OC. The molecule has 0 unspecified atom stereocenters. The van der Waals surface area contributed by atoms with E-state index >= 15 is 0 Å². The third-order valence-corrected chi connectivity index (χ3v) is 2.60. The number of ether oxygens (including phenoxy) is 1. The normalized spacial score (nSPS) is 12.5. The molecule has 2 heteroatoms. The maximum atomic E-state index is 6.06. The van der Waals surface area contributed by atoms with Gasteiger partial charge in [-0.25, -0.2) is 0 Å². The molecule has 1 aromatic rings. The number of rotatable bonds is 6. The maximum absolute atomic E-state index is 6.06. The minimum atomic E-state index is 0.251. The summed E-state index contributed by atoms with van der Waals surface area (Å²) in [4.78, 5) is 0. The monoisotopic (exact) mass is 207 g/mol. The van der Waals surface area contributed by atoms with Gasteiger partial charge in [0.25, 0.3) is 0 Å². The summed E-state index contributed by atoms with van der Waals surface area (Å²) < 4.78 is 5.30. The van der Waals surface area contributed by atoms with Crippen molar-refractivity contribution in [2.45, 2.75) is 38.6 Å². The van der Waals surface area contributed by atoms with Crippen LogP contribution < -0.4 is 10.5 Å². The Morgan fingerprint density at radius 2 is 2.07 bits per heavy atom. The van der Waals surface area contributed by atoms with Gasteiger partial charge in [-0.05, 0) is 24.5 Å². The van der Waals surface area contributed by atoms with Crippen molar-refractivity contribution in [2.75, 3.05) is 7.11 Å². The quantitative estimate of drug-likeness (QED) is 0.778. The van der Waals surface area contributed by atoms with Gasteiger partial charge in [-0.3, -0.25) is 0 Å². The predicted octanol–water partition coefficient (Wildman–Crippen LogP) is 2.76. The molecule has 0 radical (unpaired) electrons. The Hall–Kier alpha value is -1.02. The van der Waals surface area contributed by atoms with Crippen LogP contribution in [-0.4, -0.2) is 13.2 Å². The van der Waals surface area contributed by atoms with E-state index in [9.17, 15) is 0 Å². The molecule has 1 rings (SSSR count). The molecule has 1 aromatic carbocycles. The van der Waals surface area contributed by atoms with E-state index in [1.165, 1.54) is 18.4 Å². The van der Waals surface area contributed by atoms with E-state index in [0.717, 1.165) is 18.6 Å². The predicted molar refractivity (Wildman–Crippen MR) is 64.2 cm³/mol. The lowest BCUT2D eigenvalue weighted by Crippen LogP contribution is -2.22. The Labute approximate surface area is 92.4 Å². The van der Waals surface area contributed by atoms with Gasteiger partial charge in [-0.1, -0.05) is 38.0 Å². The number of para-hydroxylation sites is 1. The first-order valence-corrected chi connectivity index (χ1v) is 5.65. The van der Waals surface area contributed by atoms with Crippen molar-refractivity contribution in [1.82, 2.24) is 0 Å². The van der Waals surface area contributed by atoms with Crippen LogP contribution in [0.3, 0.4) is 0 Å². The summed E-state index contributed by atoms with van der Waals surface area (Å²) in [6.07, 6.45) is 4.41. The zero-order valence-electron chi connectivity index (χ0n) is 9.70. The van der Waals surface area contributed by atoms with E-state index in [1.807, 2.05) is 18.2 Å². The fourth-order valence-corrected chi connectivity index (χ4v) is 1.72. The lowest BCUT2D eigenvalue weighted by Gasteiger charge is -2.13. The van der Waals surface area contributed by atoms with Crippen LogP contribution in [0.25, 0.3) is 0 Å². The van der Waals surface area contributed by atoms with Gasteiger partial charge in [0.1, 0.15) is 5.75 Å². The minimum absolute atomic E-state index is 0.251. The molecule has 0 bridgehead atoms. The third-order valence-electron chi connectivity index (χ3n) is 2.60. The molecule has 0 heterocycles. The lowest BCUT2D eigenvalue weighted by molar-refractivity contribution is 0.407. The Bertz CT molecular complexity index is 286. The van der Waals surface area contributed by atoms with Crippen LogP contribution in [0.2, 0.25) is 0 Å². The van der Waals surface area contributed by atoms with Crippen LogP contribution in [0.1, 0.15) is 31.7 Å². The van der Waals surface area contributed by atoms with Gasteiger partial charge in [0.2, 0.25) is 0 Å². The van der Waals surface area contributed by atoms with E-state index in [0.29, 0.717) is 0 Å². The lowest BCUT2D eigenvalue weighted by atomic mass is 10.0. The molecule has 0 saturated carbocycles. The summed E-state index contributed by atoms with van der Waals surface area (Å²) in [6.45, 7) is 2.19. The van der Waals surface area contributed by atoms with E-state index in [-0.39, 0.29) is 6.04 Å². The van der Waals surface area contributed by atoms with Crippen molar-refractivity contribution >= 4 is 0 Å². The first-order valence-electron chi connectivity index (χ1n) is 5.65. The number of benzene rings is 1. The number of methoxy groups -OCH3 is 1. The summed E-state index contributed by atoms with van der Waals surface area (Å²) in [5.74, 6) is 0.949. The highest BCUT2D eigenvalue weighted by Crippen LogP contribution is 2.19. The van der Waals surface area contributed by atoms with Gasteiger partial charge < -0.3 is 10.5 Å². The molecular formula is C13H21NO. The molecule has 0 aliphatic carbocycles. The standard InChI is InChI=1S/C13H21NO/c1-3-4-8-12(14)10-11-7-5-6-9-13(11)15-2/h5-7,9,12H,3-4,8,10,14H2,1-2H3/t12-/m0/s1. The topological polar surface area (TPSA) is 35.2 Å². The van der Waals surface area contributed by atoms with Gasteiger partial charge in [0.05, 0.1) is 7.11 Å². The number of hydrogen-bond donors (Lipinski definition) is 1. The molecule has 0 aliphatic heterocycles. The van der Waals surface area contributed by atoms with Crippen molar-refractivity contribution in [3.05, 3.63) is 29.8 Å². The second-order valence-corrected chi connectivity index (χ2v) is 3.92. The molecule has 0 fully saturated rings. The number of nitrogens with two attached hydrogens (primary N) is 1. The summed E-state index contributed by atoms with van der Waals surface area (Å²) >= 11 is 0. The van der Waals surface area contributed by atoms with Gasteiger partial charge in [0.15, 0.2) is 0 Å². The molecule has 0 aliphatic rings. The molecular weight excluding hydrogens is 186 g/mol. The molecule has 1 atom stereocenters. The van der Waals surface area contributed by atoms with Crippen molar-refractivity contribution in [2.24, 2.45) is 5.73 Å². The fourth-order valence-electron chi connectivity index (χ4n) is 1.72. The highest BCUT2D eigenvalue weighted by Gasteiger charge is 2.07.